The van der Waals surface area contributed by atoms with E-state index in [4.69, 9.17) is 4.74 Å². The van der Waals surface area contributed by atoms with Crippen LogP contribution in [-0.2, 0) is 16.1 Å². The minimum Gasteiger partial charge on any atom is -0.375 e. The Bertz CT molecular complexity index is 771. The maximum absolute atomic E-state index is 12.3. The van der Waals surface area contributed by atoms with Gasteiger partial charge in [-0.1, -0.05) is 18.2 Å². The lowest BCUT2D eigenvalue weighted by molar-refractivity contribution is -0.121. The number of rotatable bonds is 6. The number of fused-ring (bicyclic) bond motifs is 1. The minimum absolute atomic E-state index is 0.00742. The maximum atomic E-state index is 12.3. The summed E-state index contributed by atoms with van der Waals surface area (Å²) >= 11 is 0. The number of benzene rings is 1. The van der Waals surface area contributed by atoms with Gasteiger partial charge in [0.1, 0.15) is 0 Å². The molecule has 3 rings (SSSR count). The molecular weight excluding hydrogens is 306 g/mol. The second-order valence-corrected chi connectivity index (χ2v) is 6.29. The summed E-state index contributed by atoms with van der Waals surface area (Å²) in [6.45, 7) is 2.83. The number of aromatic nitrogens is 2. The minimum atomic E-state index is -0.129. The average Bonchev–Trinajstić information content (AvgIpc) is 3.01. The van der Waals surface area contributed by atoms with Crippen molar-refractivity contribution in [2.24, 2.45) is 0 Å². The molecule has 1 aliphatic heterocycles. The number of nitrogens with zero attached hydrogens (tertiary/aromatic N) is 2. The van der Waals surface area contributed by atoms with Crippen LogP contribution in [0.5, 0.6) is 0 Å². The van der Waals surface area contributed by atoms with E-state index in [1.807, 2.05) is 18.2 Å². The number of amides is 1. The molecule has 1 fully saturated rings. The summed E-state index contributed by atoms with van der Waals surface area (Å²) in [5, 5.41) is 8.47. The van der Waals surface area contributed by atoms with E-state index >= 15 is 0 Å². The normalized spacial score (nSPS) is 20.4. The van der Waals surface area contributed by atoms with Crippen molar-refractivity contribution in [2.45, 2.75) is 51.4 Å². The van der Waals surface area contributed by atoms with Gasteiger partial charge in [0.2, 0.25) is 5.91 Å². The van der Waals surface area contributed by atoms with E-state index in [0.29, 0.717) is 31.0 Å². The molecule has 128 valence electrons. The van der Waals surface area contributed by atoms with Crippen LogP contribution in [0.1, 0.15) is 32.6 Å². The quantitative estimate of drug-likeness (QED) is 0.878. The Morgan fingerprint density at radius 2 is 2.21 bits per heavy atom. The maximum Gasteiger partial charge on any atom is 0.274 e. The summed E-state index contributed by atoms with van der Waals surface area (Å²) in [5.74, 6) is -0.00742. The Morgan fingerprint density at radius 1 is 1.38 bits per heavy atom. The molecule has 0 aliphatic carbocycles. The van der Waals surface area contributed by atoms with Gasteiger partial charge in [-0.3, -0.25) is 9.59 Å². The van der Waals surface area contributed by atoms with Crippen LogP contribution in [0, 0.1) is 0 Å². The van der Waals surface area contributed by atoms with Crippen LogP contribution in [0.2, 0.25) is 0 Å². The Labute approximate surface area is 140 Å². The number of carbonyl (C=O) groups is 1. The standard InChI is InChI=1S/C18H23N3O3/c1-13-6-7-15(24-13)8-9-17(22)19-10-11-21-18(23)16-5-3-2-4-14(16)12-20-21/h2-5,12-13,15H,6-11H2,1H3,(H,19,22)/t13-,15-/m0/s1. The van der Waals surface area contributed by atoms with Crippen molar-refractivity contribution in [3.8, 4) is 0 Å². The molecule has 1 aliphatic rings. The third-order valence-electron chi connectivity index (χ3n) is 4.42. The van der Waals surface area contributed by atoms with Crippen LogP contribution < -0.4 is 10.9 Å². The fourth-order valence-electron chi connectivity index (χ4n) is 3.07. The first-order chi connectivity index (χ1) is 11.6. The van der Waals surface area contributed by atoms with E-state index in [1.54, 1.807) is 12.3 Å². The lowest BCUT2D eigenvalue weighted by Gasteiger charge is -2.11. The highest BCUT2D eigenvalue weighted by Crippen LogP contribution is 2.22. The SMILES string of the molecule is C[C@H]1CC[C@@H](CCC(=O)NCCn2ncc3ccccc3c2=O)O1. The van der Waals surface area contributed by atoms with Gasteiger partial charge >= 0.3 is 0 Å². The van der Waals surface area contributed by atoms with Gasteiger partial charge in [-0.05, 0) is 32.3 Å². The summed E-state index contributed by atoms with van der Waals surface area (Å²) in [7, 11) is 0. The van der Waals surface area contributed by atoms with Crippen LogP contribution >= 0.6 is 0 Å². The van der Waals surface area contributed by atoms with Crippen LogP contribution in [0.3, 0.4) is 0 Å². The number of hydrogen-bond donors (Lipinski definition) is 1. The molecule has 6 nitrogen and oxygen atoms in total. The van der Waals surface area contributed by atoms with Crippen LogP contribution in [-0.4, -0.2) is 34.4 Å². The van der Waals surface area contributed by atoms with Crippen molar-refractivity contribution in [1.82, 2.24) is 15.1 Å². The smallest absolute Gasteiger partial charge is 0.274 e. The fourth-order valence-corrected chi connectivity index (χ4v) is 3.07. The molecule has 0 bridgehead atoms. The lowest BCUT2D eigenvalue weighted by atomic mass is 10.1. The van der Waals surface area contributed by atoms with Gasteiger partial charge in [-0.2, -0.15) is 5.10 Å². The van der Waals surface area contributed by atoms with Gasteiger partial charge < -0.3 is 10.1 Å². The van der Waals surface area contributed by atoms with Crippen LogP contribution in [0.25, 0.3) is 10.8 Å². The molecule has 0 spiro atoms. The molecule has 0 radical (unpaired) electrons. The van der Waals surface area contributed by atoms with Crippen LogP contribution in [0.15, 0.2) is 35.3 Å². The first kappa shape index (κ1) is 16.6. The molecular formula is C18H23N3O3. The van der Waals surface area contributed by atoms with Crippen LogP contribution in [0.4, 0.5) is 0 Å². The first-order valence-electron chi connectivity index (χ1n) is 8.50. The highest BCUT2D eigenvalue weighted by Gasteiger charge is 2.22. The van der Waals surface area contributed by atoms with Gasteiger partial charge in [0.25, 0.3) is 5.56 Å². The van der Waals surface area contributed by atoms with E-state index in [2.05, 4.69) is 17.3 Å². The zero-order chi connectivity index (χ0) is 16.9. The second-order valence-electron chi connectivity index (χ2n) is 6.29. The topological polar surface area (TPSA) is 73.2 Å². The Morgan fingerprint density at radius 3 is 3.00 bits per heavy atom. The Hall–Kier alpha value is -2.21. The number of hydrogen-bond acceptors (Lipinski definition) is 4. The summed E-state index contributed by atoms with van der Waals surface area (Å²) < 4.78 is 7.10. The molecule has 24 heavy (non-hydrogen) atoms. The summed E-state index contributed by atoms with van der Waals surface area (Å²) in [6, 6.07) is 7.36. The Balaban J connectivity index is 1.47. The summed E-state index contributed by atoms with van der Waals surface area (Å²) in [4.78, 5) is 24.2. The zero-order valence-corrected chi connectivity index (χ0v) is 13.9. The lowest BCUT2D eigenvalue weighted by Crippen LogP contribution is -2.32. The molecule has 6 heteroatoms. The molecule has 0 saturated carbocycles. The third kappa shape index (κ3) is 4.00. The third-order valence-corrected chi connectivity index (χ3v) is 4.42. The molecule has 1 aromatic carbocycles. The second kappa shape index (κ2) is 7.57. The van der Waals surface area contributed by atoms with E-state index in [0.717, 1.165) is 24.6 Å². The zero-order valence-electron chi connectivity index (χ0n) is 13.9. The van der Waals surface area contributed by atoms with E-state index in [1.165, 1.54) is 4.68 Å². The van der Waals surface area contributed by atoms with Crippen molar-refractivity contribution in [3.63, 3.8) is 0 Å². The van der Waals surface area contributed by atoms with Crippen molar-refractivity contribution in [3.05, 3.63) is 40.8 Å². The highest BCUT2D eigenvalue weighted by atomic mass is 16.5. The van der Waals surface area contributed by atoms with Gasteiger partial charge in [0, 0.05) is 18.4 Å². The van der Waals surface area contributed by atoms with E-state index in [9.17, 15) is 9.59 Å². The molecule has 1 N–H and O–H groups in total. The molecule has 2 aromatic rings. The first-order valence-corrected chi connectivity index (χ1v) is 8.50. The van der Waals surface area contributed by atoms with Crippen molar-refractivity contribution < 1.29 is 9.53 Å². The van der Waals surface area contributed by atoms with Gasteiger partial charge in [0.05, 0.1) is 30.3 Å². The molecule has 1 amide bonds. The van der Waals surface area contributed by atoms with E-state index in [-0.39, 0.29) is 17.6 Å². The molecule has 2 heterocycles. The number of carbonyl (C=O) groups excluding carboxylic acids is 1. The van der Waals surface area contributed by atoms with Gasteiger partial charge in [0.15, 0.2) is 0 Å². The molecule has 1 saturated heterocycles. The molecule has 1 aromatic heterocycles. The fraction of sp³-hybridized carbons (Fsp3) is 0.500. The van der Waals surface area contributed by atoms with E-state index < -0.39 is 0 Å². The number of nitrogens with one attached hydrogen (secondary N) is 1. The van der Waals surface area contributed by atoms with Gasteiger partial charge in [-0.25, -0.2) is 4.68 Å². The number of ether oxygens (including phenoxy) is 1. The summed E-state index contributed by atoms with van der Waals surface area (Å²) in [6.07, 6.45) is 5.51. The highest BCUT2D eigenvalue weighted by molar-refractivity contribution is 5.80. The average molecular weight is 329 g/mol. The van der Waals surface area contributed by atoms with Crippen molar-refractivity contribution in [2.75, 3.05) is 6.54 Å². The van der Waals surface area contributed by atoms with Gasteiger partial charge in [-0.15, -0.1) is 0 Å². The predicted molar refractivity (Wildman–Crippen MR) is 91.8 cm³/mol. The monoisotopic (exact) mass is 329 g/mol. The predicted octanol–water partition coefficient (Wildman–Crippen LogP) is 1.86. The summed E-state index contributed by atoms with van der Waals surface area (Å²) in [5.41, 5.74) is -0.129. The molecule has 0 unspecified atom stereocenters. The van der Waals surface area contributed by atoms with Crippen molar-refractivity contribution in [1.29, 1.82) is 0 Å². The Kier molecular flexibility index (Phi) is 5.25. The largest absolute Gasteiger partial charge is 0.375 e. The molecule has 2 atom stereocenters. The van der Waals surface area contributed by atoms with Crippen molar-refractivity contribution >= 4 is 16.7 Å².